The molecule has 10 aliphatic heterocycles. The first-order valence-electron chi connectivity index (χ1n) is 38.2. The van der Waals surface area contributed by atoms with Crippen molar-refractivity contribution in [3.05, 3.63) is 154 Å². The molecule has 33 heteroatoms. The van der Waals surface area contributed by atoms with Crippen LogP contribution in [0.2, 0.25) is 0 Å². The van der Waals surface area contributed by atoms with E-state index >= 15 is 0 Å². The van der Waals surface area contributed by atoms with Crippen LogP contribution in [-0.4, -0.2) is 254 Å². The molecule has 10 fully saturated rings. The molecule has 6 N–H and O–H groups in total. The Kier molecular flexibility index (Phi) is 33.9. The number of nitrogens with zero attached hydrogens (tertiary/aromatic N) is 7. The molecule has 1 aromatic heterocycles. The van der Waals surface area contributed by atoms with Crippen LogP contribution in [0.15, 0.2) is 120 Å². The minimum Gasteiger partial charge on any atom is -0.497 e. The van der Waals surface area contributed by atoms with Crippen molar-refractivity contribution in [2.24, 2.45) is 33.5 Å². The highest BCUT2D eigenvalue weighted by atomic mass is 127. The lowest BCUT2D eigenvalue weighted by Gasteiger charge is -2.51. The number of pyridine rings is 1. The quantitative estimate of drug-likeness (QED) is 0.0312. The number of ether oxygens (including phenoxy) is 5. The second kappa shape index (κ2) is 42.7. The maximum atomic E-state index is 12.4. The van der Waals surface area contributed by atoms with Crippen LogP contribution < -0.4 is 40.5 Å². The topological polar surface area (TPSA) is 400 Å². The summed E-state index contributed by atoms with van der Waals surface area (Å²) in [5.74, 6) is 0.827. The number of carbonyl (C=O) groups excluding carboxylic acids is 11. The summed E-state index contributed by atoms with van der Waals surface area (Å²) in [6.07, 6.45) is 7.49. The molecule has 15 rings (SSSR count). The van der Waals surface area contributed by atoms with E-state index in [0.717, 1.165) is 77.0 Å². The molecule has 0 aliphatic carbocycles. The van der Waals surface area contributed by atoms with Gasteiger partial charge in [0.15, 0.2) is 0 Å². The van der Waals surface area contributed by atoms with E-state index in [1.54, 1.807) is 64.3 Å². The lowest BCUT2D eigenvalue weighted by atomic mass is 9.70. The fourth-order valence-electron chi connectivity index (χ4n) is 15.3. The van der Waals surface area contributed by atoms with E-state index in [0.29, 0.717) is 130 Å². The van der Waals surface area contributed by atoms with E-state index < -0.39 is 45.1 Å². The maximum Gasteiger partial charge on any atom is 0.335 e. The van der Waals surface area contributed by atoms with Gasteiger partial charge in [0.25, 0.3) is 0 Å². The number of esters is 1. The molecule has 0 radical (unpaired) electrons. The van der Waals surface area contributed by atoms with Crippen molar-refractivity contribution >= 4 is 99.6 Å². The summed E-state index contributed by atoms with van der Waals surface area (Å²) in [6, 6.07) is 33.3. The summed E-state index contributed by atoms with van der Waals surface area (Å²) in [4.78, 5) is 177. The number of aromatic amines is 1. The first kappa shape index (κ1) is 93.0. The predicted octanol–water partition coefficient (Wildman–Crippen LogP) is 5.81. The highest BCUT2D eigenvalue weighted by molar-refractivity contribution is 14.1. The zero-order valence-corrected chi connectivity index (χ0v) is 69.3. The number of hydrogen-bond acceptors (Lipinski definition) is 19. The third-order valence-corrected chi connectivity index (χ3v) is 22.4. The van der Waals surface area contributed by atoms with Crippen LogP contribution in [0, 0.1) is 33.5 Å². The van der Waals surface area contributed by atoms with Gasteiger partial charge in [0.1, 0.15) is 23.0 Å². The number of β-lactam (4-membered cyclic amide) rings is 4. The molecule has 634 valence electrons. The van der Waals surface area contributed by atoms with Gasteiger partial charge in [0.2, 0.25) is 64.6 Å². The van der Waals surface area contributed by atoms with Gasteiger partial charge < -0.3 is 89.1 Å². The largest absolute Gasteiger partial charge is 0.497 e. The van der Waals surface area contributed by atoms with Crippen LogP contribution >= 0.6 is 22.6 Å². The SMILES string of the molecule is C.CI.COC(=O)C1CCNC(=O)C1.COc1ccc(CN2CC3(CCN(C)C(=O)C3)C2=O)cc1.COc1ccc(CN2CC3(CCN(C)C(=O)C3)C2=O)cc1.COc1ccc(CN2CC3(CCN(C)C(=O)C3)C2=O)cc1.COc1ccc(CN2CC3(CCNC(=O)C3)C2=O)cc1.O=C(O)c1cc[nH]c(=O)c1.O=C1CC(C(=O)O)CCN1. The average molecular weight is 1740 g/mol. The number of alkyl halides is 1. The van der Waals surface area contributed by atoms with Gasteiger partial charge >= 0.3 is 17.9 Å². The summed E-state index contributed by atoms with van der Waals surface area (Å²) in [5.41, 5.74) is 2.24. The Bertz CT molecular complexity index is 4150. The highest BCUT2D eigenvalue weighted by Crippen LogP contribution is 2.46. The van der Waals surface area contributed by atoms with Gasteiger partial charge in [0, 0.05) is 164 Å². The van der Waals surface area contributed by atoms with E-state index in [2.05, 4.69) is 48.3 Å². The molecule has 6 atom stereocenters. The van der Waals surface area contributed by atoms with Gasteiger partial charge in [-0.3, -0.25) is 62.3 Å². The molecule has 10 aliphatic rings. The standard InChI is InChI=1S/3C16H20N2O3.C15H18N2O3.C7H11NO3.C6H9NO3.C6H5NO3.CH3I.CH4/c3*1-17-8-7-16(9-14(17)19)11-18(15(16)20)10-12-3-5-13(21-2)6-4-12;1-20-12-4-2-11(3-5-12)9-17-10-15(14(17)19)6-7-16-13(18)8-15;1-11-7(10)5-2-3-8-6(9)4-5;2*8-5-3-4(6(9)10)1-2-7-5;1-2;/h3*3-6H,7-11H2,1-2H3;2-5H,6-10H2,1H3,(H,16,18);5H,2-4H2,1H3,(H,8,9);4H,1-3H2,(H,7,8)(H,9,10);1-3H,(H,7,8)(H,9,10);1H3;1H4. The van der Waals surface area contributed by atoms with Crippen LogP contribution in [0.4, 0.5) is 0 Å². The fraction of sp³-hybridized carbons (Fsp3) is 0.500. The highest BCUT2D eigenvalue weighted by Gasteiger charge is 2.58. The number of methoxy groups -OCH3 is 5. The van der Waals surface area contributed by atoms with Crippen LogP contribution in [-0.2, 0) is 88.5 Å². The number of aromatic carboxylic acids is 1. The van der Waals surface area contributed by atoms with Crippen molar-refractivity contribution in [1.82, 2.24) is 55.2 Å². The zero-order valence-electron chi connectivity index (χ0n) is 67.2. The lowest BCUT2D eigenvalue weighted by molar-refractivity contribution is -0.171. The van der Waals surface area contributed by atoms with Gasteiger partial charge in [-0.05, 0) is 120 Å². The second-order valence-electron chi connectivity index (χ2n) is 30.3. The number of carbonyl (C=O) groups is 13. The van der Waals surface area contributed by atoms with Gasteiger partial charge in [-0.25, -0.2) is 4.79 Å². The van der Waals surface area contributed by atoms with E-state index in [-0.39, 0.29) is 96.8 Å². The first-order valence-corrected chi connectivity index (χ1v) is 40.4. The number of piperidine rings is 6. The Hall–Kier alpha value is -11.1. The van der Waals surface area contributed by atoms with Crippen molar-refractivity contribution in [2.75, 3.05) is 127 Å². The Morgan fingerprint density at radius 1 is 0.427 bits per heavy atom. The number of benzene rings is 4. The van der Waals surface area contributed by atoms with Gasteiger partial charge in [-0.2, -0.15) is 0 Å². The van der Waals surface area contributed by atoms with Crippen molar-refractivity contribution in [3.8, 4) is 23.0 Å². The number of carboxylic acids is 2. The fourth-order valence-corrected chi connectivity index (χ4v) is 15.3. The van der Waals surface area contributed by atoms with Gasteiger partial charge in [-0.15, -0.1) is 0 Å². The molecule has 11 heterocycles. The van der Waals surface area contributed by atoms with Crippen molar-refractivity contribution in [2.45, 2.75) is 111 Å². The molecule has 0 saturated carbocycles. The van der Waals surface area contributed by atoms with Crippen molar-refractivity contribution in [3.63, 3.8) is 0 Å². The van der Waals surface area contributed by atoms with Gasteiger partial charge in [0.05, 0.1) is 74.6 Å². The number of halogens is 1. The smallest absolute Gasteiger partial charge is 0.335 e. The van der Waals surface area contributed by atoms with E-state index in [1.165, 1.54) is 19.4 Å². The summed E-state index contributed by atoms with van der Waals surface area (Å²) in [5, 5.41) is 24.8. The van der Waals surface area contributed by atoms with E-state index in [9.17, 15) is 67.1 Å². The third-order valence-electron chi connectivity index (χ3n) is 22.4. The number of nitrogens with one attached hydrogen (secondary N) is 4. The number of hydrogen-bond donors (Lipinski definition) is 6. The number of aromatic nitrogens is 1. The molecule has 4 spiro atoms. The first-order chi connectivity index (χ1) is 55.4. The minimum absolute atomic E-state index is 0. The van der Waals surface area contributed by atoms with Crippen LogP contribution in [0.25, 0.3) is 0 Å². The summed E-state index contributed by atoms with van der Waals surface area (Å²) < 4.78 is 25.0. The molecule has 117 heavy (non-hydrogen) atoms. The molecular formula is C84H110IN11O21. The lowest BCUT2D eigenvalue weighted by Crippen LogP contribution is -2.64. The number of carboxylic acid groups (broad SMARTS) is 2. The molecule has 4 aromatic carbocycles. The summed E-state index contributed by atoms with van der Waals surface area (Å²) >= 11 is 2.15. The Labute approximate surface area is 695 Å². The normalized spacial score (nSPS) is 23.2. The minimum atomic E-state index is -1.09. The zero-order chi connectivity index (χ0) is 84.7. The molecule has 32 nitrogen and oxygen atoms in total. The van der Waals surface area contributed by atoms with Crippen molar-refractivity contribution in [1.29, 1.82) is 0 Å². The number of amides is 10. The second-order valence-corrected chi connectivity index (χ2v) is 30.3. The molecule has 10 saturated heterocycles. The number of H-pyrrole nitrogens is 1. The molecular weight excluding hydrogens is 1630 g/mol. The average Bonchev–Trinajstić information content (AvgIpc) is 0.754. The van der Waals surface area contributed by atoms with Gasteiger partial charge in [-0.1, -0.05) is 78.5 Å². The molecule has 10 amide bonds. The van der Waals surface area contributed by atoms with E-state index in [1.807, 2.05) is 122 Å². The van der Waals surface area contributed by atoms with Crippen LogP contribution in [0.3, 0.4) is 0 Å². The summed E-state index contributed by atoms with van der Waals surface area (Å²) in [6.45, 7) is 8.92. The van der Waals surface area contributed by atoms with E-state index in [4.69, 9.17) is 29.2 Å². The Morgan fingerprint density at radius 3 is 0.983 bits per heavy atom. The van der Waals surface area contributed by atoms with Crippen molar-refractivity contribution < 1.29 is 96.2 Å². The Morgan fingerprint density at radius 2 is 0.735 bits per heavy atom. The predicted molar refractivity (Wildman–Crippen MR) is 438 cm³/mol. The molecule has 6 unspecified atom stereocenters. The number of likely N-dealkylation sites (tertiary alicyclic amines) is 7. The molecule has 0 bridgehead atoms. The third kappa shape index (κ3) is 24.3. The van der Waals surface area contributed by atoms with Crippen LogP contribution in [0.5, 0.6) is 23.0 Å². The summed E-state index contributed by atoms with van der Waals surface area (Å²) in [7, 11) is 13.3. The Balaban J connectivity index is 0.000000191. The monoisotopic (exact) mass is 1740 g/mol. The van der Waals surface area contributed by atoms with Crippen LogP contribution in [0.1, 0.15) is 117 Å². The molecule has 5 aromatic rings. The number of rotatable bonds is 15. The maximum absolute atomic E-state index is 12.4. The number of aliphatic carboxylic acids is 1.